The van der Waals surface area contributed by atoms with Gasteiger partial charge in [0.05, 0.1) is 6.10 Å². The molecular formula is C13H25NO3. The summed E-state index contributed by atoms with van der Waals surface area (Å²) in [5.74, 6) is -0.738. The van der Waals surface area contributed by atoms with Gasteiger partial charge >= 0.3 is 5.97 Å². The number of aliphatic carboxylic acids is 1. The van der Waals surface area contributed by atoms with Gasteiger partial charge in [-0.1, -0.05) is 0 Å². The molecule has 4 nitrogen and oxygen atoms in total. The van der Waals surface area contributed by atoms with Gasteiger partial charge in [-0.25, -0.2) is 0 Å². The van der Waals surface area contributed by atoms with Gasteiger partial charge in [0.15, 0.2) is 0 Å². The molecule has 0 unspecified atom stereocenters. The van der Waals surface area contributed by atoms with Crippen LogP contribution < -0.4 is 0 Å². The lowest BCUT2D eigenvalue weighted by Gasteiger charge is -2.54. The number of likely N-dealkylation sites (tertiary alicyclic amines) is 1. The van der Waals surface area contributed by atoms with E-state index in [2.05, 4.69) is 32.6 Å². The molecular weight excluding hydrogens is 218 g/mol. The summed E-state index contributed by atoms with van der Waals surface area (Å²) < 4.78 is 0. The maximum Gasteiger partial charge on any atom is 0.303 e. The predicted octanol–water partition coefficient (Wildman–Crippen LogP) is 1.87. The molecule has 1 aliphatic heterocycles. The Hall–Kier alpha value is -0.610. The van der Waals surface area contributed by atoms with Gasteiger partial charge in [0.25, 0.3) is 0 Å². The van der Waals surface area contributed by atoms with E-state index in [1.165, 1.54) is 0 Å². The molecule has 0 amide bonds. The SMILES string of the molecule is CC1(C)CC(O)CC(C)(C)N1CCCC(=O)O. The van der Waals surface area contributed by atoms with Crippen molar-refractivity contribution in [3.05, 3.63) is 0 Å². The lowest BCUT2D eigenvalue weighted by molar-refractivity contribution is -0.137. The smallest absolute Gasteiger partial charge is 0.303 e. The first kappa shape index (κ1) is 14.5. The normalized spacial score (nSPS) is 24.8. The van der Waals surface area contributed by atoms with Gasteiger partial charge in [0.2, 0.25) is 0 Å². The average Bonchev–Trinajstić information content (AvgIpc) is 2.06. The standard InChI is InChI=1S/C13H25NO3/c1-12(2)8-10(15)9-13(3,4)14(12)7-5-6-11(16)17/h10,15H,5-9H2,1-4H3,(H,16,17). The minimum Gasteiger partial charge on any atom is -0.481 e. The largest absolute Gasteiger partial charge is 0.481 e. The summed E-state index contributed by atoms with van der Waals surface area (Å²) in [4.78, 5) is 12.9. The van der Waals surface area contributed by atoms with Crippen molar-refractivity contribution in [2.75, 3.05) is 6.54 Å². The number of aliphatic hydroxyl groups is 1. The van der Waals surface area contributed by atoms with Crippen LogP contribution in [0.2, 0.25) is 0 Å². The van der Waals surface area contributed by atoms with Gasteiger partial charge in [-0.05, 0) is 53.5 Å². The van der Waals surface area contributed by atoms with Crippen LogP contribution in [0.15, 0.2) is 0 Å². The Morgan fingerprint density at radius 2 is 1.71 bits per heavy atom. The molecule has 0 spiro atoms. The Morgan fingerprint density at radius 1 is 1.24 bits per heavy atom. The van der Waals surface area contributed by atoms with Crippen LogP contribution in [0, 0.1) is 0 Å². The quantitative estimate of drug-likeness (QED) is 0.791. The number of carbonyl (C=O) groups is 1. The molecule has 0 aromatic heterocycles. The zero-order chi connectivity index (χ0) is 13.3. The second-order valence-corrected chi connectivity index (χ2v) is 6.34. The van der Waals surface area contributed by atoms with E-state index in [0.717, 1.165) is 19.4 Å². The van der Waals surface area contributed by atoms with Crippen molar-refractivity contribution in [1.29, 1.82) is 0 Å². The average molecular weight is 243 g/mol. The second-order valence-electron chi connectivity index (χ2n) is 6.34. The number of hydrogen-bond acceptors (Lipinski definition) is 3. The molecule has 0 radical (unpaired) electrons. The third-order valence-electron chi connectivity index (χ3n) is 3.70. The van der Waals surface area contributed by atoms with Crippen molar-refractivity contribution in [3.63, 3.8) is 0 Å². The Morgan fingerprint density at radius 3 is 2.12 bits per heavy atom. The summed E-state index contributed by atoms with van der Waals surface area (Å²) in [6.07, 6.45) is 2.13. The van der Waals surface area contributed by atoms with Crippen molar-refractivity contribution < 1.29 is 15.0 Å². The predicted molar refractivity (Wildman–Crippen MR) is 67.0 cm³/mol. The first-order chi connectivity index (χ1) is 7.65. The van der Waals surface area contributed by atoms with E-state index in [-0.39, 0.29) is 23.6 Å². The van der Waals surface area contributed by atoms with Gasteiger partial charge in [0, 0.05) is 17.5 Å². The summed E-state index contributed by atoms with van der Waals surface area (Å²) in [6.45, 7) is 9.27. The summed E-state index contributed by atoms with van der Waals surface area (Å²) in [6, 6.07) is 0. The third kappa shape index (κ3) is 3.68. The maximum atomic E-state index is 10.6. The first-order valence-corrected chi connectivity index (χ1v) is 6.33. The van der Waals surface area contributed by atoms with Gasteiger partial charge in [-0.3, -0.25) is 9.69 Å². The highest BCUT2D eigenvalue weighted by Gasteiger charge is 2.44. The molecule has 100 valence electrons. The summed E-state index contributed by atoms with van der Waals surface area (Å²) in [7, 11) is 0. The highest BCUT2D eigenvalue weighted by Crippen LogP contribution is 2.38. The highest BCUT2D eigenvalue weighted by molar-refractivity contribution is 5.66. The van der Waals surface area contributed by atoms with Crippen LogP contribution in [-0.2, 0) is 4.79 Å². The van der Waals surface area contributed by atoms with E-state index in [4.69, 9.17) is 5.11 Å². The van der Waals surface area contributed by atoms with Crippen molar-refractivity contribution in [2.45, 2.75) is 70.6 Å². The maximum absolute atomic E-state index is 10.6. The Kier molecular flexibility index (Phi) is 4.20. The molecule has 1 aliphatic rings. The van der Waals surface area contributed by atoms with Gasteiger partial charge in [-0.2, -0.15) is 0 Å². The fourth-order valence-corrected chi connectivity index (χ4v) is 3.26. The molecule has 2 N–H and O–H groups in total. The van der Waals surface area contributed by atoms with Crippen molar-refractivity contribution in [3.8, 4) is 0 Å². The van der Waals surface area contributed by atoms with Crippen LogP contribution >= 0.6 is 0 Å². The molecule has 0 aromatic rings. The van der Waals surface area contributed by atoms with Crippen molar-refractivity contribution in [1.82, 2.24) is 4.90 Å². The van der Waals surface area contributed by atoms with E-state index in [0.29, 0.717) is 6.42 Å². The van der Waals surface area contributed by atoms with E-state index < -0.39 is 5.97 Å². The number of nitrogens with zero attached hydrogens (tertiary/aromatic N) is 1. The zero-order valence-electron chi connectivity index (χ0n) is 11.4. The second kappa shape index (κ2) is 4.94. The topological polar surface area (TPSA) is 60.8 Å². The molecule has 0 aromatic carbocycles. The fraction of sp³-hybridized carbons (Fsp3) is 0.923. The highest BCUT2D eigenvalue weighted by atomic mass is 16.4. The lowest BCUT2D eigenvalue weighted by atomic mass is 9.78. The first-order valence-electron chi connectivity index (χ1n) is 6.33. The minimum atomic E-state index is -0.738. The molecule has 1 fully saturated rings. The Bertz CT molecular complexity index is 268. The number of aliphatic hydroxyl groups excluding tert-OH is 1. The van der Waals surface area contributed by atoms with Crippen LogP contribution in [0.1, 0.15) is 53.4 Å². The van der Waals surface area contributed by atoms with Gasteiger partial charge in [-0.15, -0.1) is 0 Å². The van der Waals surface area contributed by atoms with Crippen LogP contribution in [0.4, 0.5) is 0 Å². The molecule has 1 heterocycles. The summed E-state index contributed by atoms with van der Waals surface area (Å²) in [5, 5.41) is 18.6. The van der Waals surface area contributed by atoms with Crippen LogP contribution in [0.5, 0.6) is 0 Å². The molecule has 1 saturated heterocycles. The van der Waals surface area contributed by atoms with Crippen molar-refractivity contribution in [2.24, 2.45) is 0 Å². The van der Waals surface area contributed by atoms with Gasteiger partial charge in [0.1, 0.15) is 0 Å². The summed E-state index contributed by atoms with van der Waals surface area (Å²) >= 11 is 0. The lowest BCUT2D eigenvalue weighted by Crippen LogP contribution is -2.61. The molecule has 17 heavy (non-hydrogen) atoms. The third-order valence-corrected chi connectivity index (χ3v) is 3.70. The number of carboxylic acids is 1. The van der Waals surface area contributed by atoms with Crippen LogP contribution in [-0.4, -0.2) is 44.8 Å². The minimum absolute atomic E-state index is 0.0698. The van der Waals surface area contributed by atoms with E-state index in [1.807, 2.05) is 0 Å². The zero-order valence-corrected chi connectivity index (χ0v) is 11.4. The molecule has 4 heteroatoms. The van der Waals surface area contributed by atoms with Crippen LogP contribution in [0.3, 0.4) is 0 Å². The van der Waals surface area contributed by atoms with E-state index in [1.54, 1.807) is 0 Å². The summed E-state index contributed by atoms with van der Waals surface area (Å²) in [5.41, 5.74) is -0.140. The van der Waals surface area contributed by atoms with E-state index in [9.17, 15) is 9.90 Å². The fourth-order valence-electron chi connectivity index (χ4n) is 3.26. The Labute approximate surface area is 104 Å². The Balaban J connectivity index is 2.68. The molecule has 1 rings (SSSR count). The number of rotatable bonds is 4. The number of piperidine rings is 1. The van der Waals surface area contributed by atoms with E-state index >= 15 is 0 Å². The molecule has 0 bridgehead atoms. The molecule has 0 aliphatic carbocycles. The molecule has 0 saturated carbocycles. The number of carboxylic acid groups (broad SMARTS) is 1. The number of hydrogen-bond donors (Lipinski definition) is 2. The van der Waals surface area contributed by atoms with Crippen LogP contribution in [0.25, 0.3) is 0 Å². The molecule has 0 atom stereocenters. The van der Waals surface area contributed by atoms with Crippen molar-refractivity contribution >= 4 is 5.97 Å². The monoisotopic (exact) mass is 243 g/mol. The van der Waals surface area contributed by atoms with Gasteiger partial charge < -0.3 is 10.2 Å².